The van der Waals surface area contributed by atoms with E-state index in [1.54, 1.807) is 6.92 Å². The fourth-order valence-corrected chi connectivity index (χ4v) is 3.69. The topological polar surface area (TPSA) is 87.5 Å². The highest BCUT2D eigenvalue weighted by Crippen LogP contribution is 2.26. The molecule has 0 aliphatic carbocycles. The molecule has 0 atom stereocenters. The van der Waals surface area contributed by atoms with E-state index in [0.29, 0.717) is 0 Å². The molecule has 21 heavy (non-hydrogen) atoms. The molecule has 0 heterocycles. The first-order chi connectivity index (χ1) is 9.88. The Morgan fingerprint density at radius 3 is 2.62 bits per heavy atom. The summed E-state index contributed by atoms with van der Waals surface area (Å²) < 4.78 is 30.6. The van der Waals surface area contributed by atoms with Gasteiger partial charge in [-0.05, 0) is 18.2 Å². The minimum atomic E-state index is -3.81. The van der Waals surface area contributed by atoms with Gasteiger partial charge < -0.3 is 4.74 Å². The summed E-state index contributed by atoms with van der Waals surface area (Å²) in [6, 6.07) is 5.75. The van der Waals surface area contributed by atoms with Gasteiger partial charge in [0.1, 0.15) is 4.90 Å². The standard InChI is InChI=1S/C13H15ClN2O4S/c1-3-16(8-4-7-15)21(18,19)12-6-5-10(9-11(12)14)13(17)20-2/h5-6,9H,3-4,8H2,1-2H3. The summed E-state index contributed by atoms with van der Waals surface area (Å²) in [5, 5.41) is 8.52. The fraction of sp³-hybridized carbons (Fsp3) is 0.385. The number of hydrogen-bond donors (Lipinski definition) is 0. The van der Waals surface area contributed by atoms with Gasteiger partial charge in [-0.15, -0.1) is 0 Å². The molecule has 8 heteroatoms. The molecule has 0 bridgehead atoms. The molecule has 0 aliphatic heterocycles. The van der Waals surface area contributed by atoms with E-state index in [4.69, 9.17) is 16.9 Å². The predicted molar refractivity (Wildman–Crippen MR) is 77.5 cm³/mol. The van der Waals surface area contributed by atoms with Crippen LogP contribution in [-0.4, -0.2) is 38.9 Å². The van der Waals surface area contributed by atoms with Crippen molar-refractivity contribution in [1.29, 1.82) is 5.26 Å². The number of carbonyl (C=O) groups excluding carboxylic acids is 1. The molecule has 0 unspecified atom stereocenters. The van der Waals surface area contributed by atoms with Crippen molar-refractivity contribution in [3.05, 3.63) is 28.8 Å². The van der Waals surface area contributed by atoms with E-state index in [2.05, 4.69) is 4.74 Å². The molecular weight excluding hydrogens is 316 g/mol. The molecule has 0 N–H and O–H groups in total. The Hall–Kier alpha value is -1.62. The van der Waals surface area contributed by atoms with Crippen molar-refractivity contribution in [3.63, 3.8) is 0 Å². The number of ether oxygens (including phenoxy) is 1. The van der Waals surface area contributed by atoms with Crippen molar-refractivity contribution in [2.45, 2.75) is 18.2 Å². The first kappa shape index (κ1) is 17.4. The van der Waals surface area contributed by atoms with Crippen LogP contribution in [0.1, 0.15) is 23.7 Å². The van der Waals surface area contributed by atoms with Gasteiger partial charge in [-0.25, -0.2) is 13.2 Å². The van der Waals surface area contributed by atoms with Crippen LogP contribution < -0.4 is 0 Å². The number of esters is 1. The molecule has 0 amide bonds. The maximum Gasteiger partial charge on any atom is 0.337 e. The van der Waals surface area contributed by atoms with Crippen molar-refractivity contribution in [3.8, 4) is 6.07 Å². The lowest BCUT2D eigenvalue weighted by Crippen LogP contribution is -2.32. The van der Waals surface area contributed by atoms with Crippen LogP contribution in [0.5, 0.6) is 0 Å². The van der Waals surface area contributed by atoms with Crippen LogP contribution in [0.2, 0.25) is 5.02 Å². The molecule has 0 aliphatic rings. The zero-order valence-corrected chi connectivity index (χ0v) is 13.2. The fourth-order valence-electron chi connectivity index (χ4n) is 1.72. The third kappa shape index (κ3) is 3.94. The van der Waals surface area contributed by atoms with Crippen LogP contribution in [0, 0.1) is 11.3 Å². The maximum absolute atomic E-state index is 12.5. The number of nitrogens with zero attached hydrogens (tertiary/aromatic N) is 2. The van der Waals surface area contributed by atoms with Crippen LogP contribution in [0.25, 0.3) is 0 Å². The normalized spacial score (nSPS) is 11.2. The van der Waals surface area contributed by atoms with Crippen LogP contribution in [0.3, 0.4) is 0 Å². The van der Waals surface area contributed by atoms with Crippen LogP contribution >= 0.6 is 11.6 Å². The van der Waals surface area contributed by atoms with E-state index >= 15 is 0 Å². The summed E-state index contributed by atoms with van der Waals surface area (Å²) in [6.07, 6.45) is 0.0882. The van der Waals surface area contributed by atoms with Gasteiger partial charge in [0.15, 0.2) is 0 Å². The number of methoxy groups -OCH3 is 1. The van der Waals surface area contributed by atoms with Crippen molar-refractivity contribution in [2.24, 2.45) is 0 Å². The SMILES string of the molecule is CCN(CCC#N)S(=O)(=O)c1ccc(C(=O)OC)cc1Cl. The number of benzene rings is 1. The molecule has 114 valence electrons. The van der Waals surface area contributed by atoms with Gasteiger partial charge in [0.05, 0.1) is 23.8 Å². The second-order valence-electron chi connectivity index (χ2n) is 4.04. The number of halogens is 1. The van der Waals surface area contributed by atoms with Gasteiger partial charge in [0, 0.05) is 19.5 Å². The highest BCUT2D eigenvalue weighted by atomic mass is 35.5. The molecule has 1 rings (SSSR count). The van der Waals surface area contributed by atoms with E-state index in [1.165, 1.54) is 25.3 Å². The summed E-state index contributed by atoms with van der Waals surface area (Å²) in [5.74, 6) is -0.599. The zero-order valence-electron chi connectivity index (χ0n) is 11.7. The number of nitriles is 1. The molecule has 1 aromatic carbocycles. The van der Waals surface area contributed by atoms with Gasteiger partial charge >= 0.3 is 5.97 Å². The molecular formula is C13H15ClN2O4S. The smallest absolute Gasteiger partial charge is 0.337 e. The van der Waals surface area contributed by atoms with E-state index in [9.17, 15) is 13.2 Å². The highest BCUT2D eigenvalue weighted by Gasteiger charge is 2.26. The summed E-state index contributed by atoms with van der Waals surface area (Å²) in [4.78, 5) is 11.3. The Labute approximate surface area is 128 Å². The van der Waals surface area contributed by atoms with E-state index < -0.39 is 16.0 Å². The lowest BCUT2D eigenvalue weighted by Gasteiger charge is -2.20. The monoisotopic (exact) mass is 330 g/mol. The molecule has 0 spiro atoms. The second-order valence-corrected chi connectivity index (χ2v) is 6.36. The largest absolute Gasteiger partial charge is 0.465 e. The summed E-state index contributed by atoms with van der Waals surface area (Å²) in [7, 11) is -2.58. The molecule has 0 aromatic heterocycles. The van der Waals surface area contributed by atoms with E-state index in [-0.39, 0.29) is 35.0 Å². The lowest BCUT2D eigenvalue weighted by molar-refractivity contribution is 0.0600. The quantitative estimate of drug-likeness (QED) is 0.745. The molecule has 6 nitrogen and oxygen atoms in total. The Balaban J connectivity index is 3.20. The summed E-state index contributed by atoms with van der Waals surface area (Å²) in [6.45, 7) is 1.98. The van der Waals surface area contributed by atoms with Crippen LogP contribution in [0.4, 0.5) is 0 Å². The molecule has 0 saturated carbocycles. The van der Waals surface area contributed by atoms with Gasteiger partial charge in [0.2, 0.25) is 10.0 Å². The molecule has 0 fully saturated rings. The number of sulfonamides is 1. The first-order valence-electron chi connectivity index (χ1n) is 6.13. The Morgan fingerprint density at radius 1 is 1.48 bits per heavy atom. The van der Waals surface area contributed by atoms with Crippen molar-refractivity contribution >= 4 is 27.6 Å². The average molecular weight is 331 g/mol. The van der Waals surface area contributed by atoms with Crippen molar-refractivity contribution < 1.29 is 17.9 Å². The molecule has 0 radical (unpaired) electrons. The Bertz CT molecular complexity index is 667. The van der Waals surface area contributed by atoms with Crippen LogP contribution in [0.15, 0.2) is 23.1 Å². The minimum Gasteiger partial charge on any atom is -0.465 e. The van der Waals surface area contributed by atoms with Gasteiger partial charge in [-0.2, -0.15) is 9.57 Å². The zero-order chi connectivity index (χ0) is 16.0. The first-order valence-corrected chi connectivity index (χ1v) is 7.95. The molecule has 1 aromatic rings. The van der Waals surface area contributed by atoms with Gasteiger partial charge in [-0.1, -0.05) is 18.5 Å². The molecule has 0 saturated heterocycles. The second kappa shape index (κ2) is 7.41. The Kier molecular flexibility index (Phi) is 6.15. The third-order valence-electron chi connectivity index (χ3n) is 2.80. The predicted octanol–water partition coefficient (Wildman–Crippen LogP) is 2.05. The average Bonchev–Trinajstić information content (AvgIpc) is 2.46. The summed E-state index contributed by atoms with van der Waals surface area (Å²) in [5.41, 5.74) is 0.168. The third-order valence-corrected chi connectivity index (χ3v) is 5.25. The van der Waals surface area contributed by atoms with Crippen molar-refractivity contribution in [2.75, 3.05) is 20.2 Å². The number of carbonyl (C=O) groups is 1. The number of hydrogen-bond acceptors (Lipinski definition) is 5. The maximum atomic E-state index is 12.5. The summed E-state index contributed by atoms with van der Waals surface area (Å²) >= 11 is 5.97. The Morgan fingerprint density at radius 2 is 2.14 bits per heavy atom. The number of rotatable bonds is 6. The van der Waals surface area contributed by atoms with Gasteiger partial charge in [-0.3, -0.25) is 0 Å². The van der Waals surface area contributed by atoms with E-state index in [0.717, 1.165) is 4.31 Å². The van der Waals surface area contributed by atoms with Crippen LogP contribution in [-0.2, 0) is 14.8 Å². The van der Waals surface area contributed by atoms with E-state index in [1.807, 2.05) is 6.07 Å². The van der Waals surface area contributed by atoms with Gasteiger partial charge in [0.25, 0.3) is 0 Å². The van der Waals surface area contributed by atoms with Crippen molar-refractivity contribution in [1.82, 2.24) is 4.31 Å². The minimum absolute atomic E-state index is 0.0618. The lowest BCUT2D eigenvalue weighted by atomic mass is 10.2. The highest BCUT2D eigenvalue weighted by molar-refractivity contribution is 7.89.